The fourth-order valence-electron chi connectivity index (χ4n) is 3.16. The zero-order valence-corrected chi connectivity index (χ0v) is 19.6. The molecule has 1 heterocycles. The summed E-state index contributed by atoms with van der Waals surface area (Å²) in [6.45, 7) is 5.21. The van der Waals surface area contributed by atoms with Crippen molar-refractivity contribution in [2.45, 2.75) is 31.7 Å². The van der Waals surface area contributed by atoms with Crippen LogP contribution in [0.25, 0.3) is 11.4 Å². The Morgan fingerprint density at radius 2 is 1.79 bits per heavy atom. The van der Waals surface area contributed by atoms with Crippen LogP contribution in [0.3, 0.4) is 0 Å². The van der Waals surface area contributed by atoms with Crippen molar-refractivity contribution in [3.05, 3.63) is 70.6 Å². The van der Waals surface area contributed by atoms with Gasteiger partial charge in [-0.2, -0.15) is 4.72 Å². The standard InChI is InChI=1S/C23H26N4O5S/c1-14(2)21(27-33(30,31)19-10-8-18(32-4)9-11-19)23(29)25-17-7-5-6-16(13-17)22-24-15(3)12-20(28)26-22/h5-14,21,27H,1-4H3,(H,25,29)(H,24,26,28)/t21-/m0/s1. The van der Waals surface area contributed by atoms with Crippen molar-refractivity contribution in [1.29, 1.82) is 0 Å². The molecule has 3 aromatic rings. The van der Waals surface area contributed by atoms with Crippen molar-refractivity contribution in [1.82, 2.24) is 14.7 Å². The number of anilines is 1. The number of carbonyl (C=O) groups excluding carboxylic acids is 1. The molecule has 0 spiro atoms. The third-order valence-electron chi connectivity index (χ3n) is 4.87. The molecule has 3 rings (SSSR count). The lowest BCUT2D eigenvalue weighted by atomic mass is 10.0. The van der Waals surface area contributed by atoms with E-state index in [9.17, 15) is 18.0 Å². The lowest BCUT2D eigenvalue weighted by Gasteiger charge is -2.22. The highest BCUT2D eigenvalue weighted by atomic mass is 32.2. The van der Waals surface area contributed by atoms with E-state index in [1.807, 2.05) is 0 Å². The highest BCUT2D eigenvalue weighted by Gasteiger charge is 2.28. The molecular formula is C23H26N4O5S. The molecule has 0 unspecified atom stereocenters. The molecule has 9 nitrogen and oxygen atoms in total. The van der Waals surface area contributed by atoms with Crippen LogP contribution in [0.2, 0.25) is 0 Å². The third kappa shape index (κ3) is 6.05. The number of aromatic nitrogens is 2. The Labute approximate surface area is 192 Å². The van der Waals surface area contributed by atoms with E-state index in [1.165, 1.54) is 37.4 Å². The van der Waals surface area contributed by atoms with E-state index in [4.69, 9.17) is 4.74 Å². The van der Waals surface area contributed by atoms with Crippen molar-refractivity contribution in [3.8, 4) is 17.1 Å². The number of methoxy groups -OCH3 is 1. The molecule has 10 heteroatoms. The van der Waals surface area contributed by atoms with E-state index >= 15 is 0 Å². The minimum Gasteiger partial charge on any atom is -0.497 e. The van der Waals surface area contributed by atoms with Crippen molar-refractivity contribution in [2.24, 2.45) is 5.92 Å². The summed E-state index contributed by atoms with van der Waals surface area (Å²) in [5, 5.41) is 2.75. The van der Waals surface area contributed by atoms with E-state index in [0.29, 0.717) is 28.5 Å². The predicted molar refractivity (Wildman–Crippen MR) is 126 cm³/mol. The van der Waals surface area contributed by atoms with Gasteiger partial charge < -0.3 is 15.0 Å². The number of carbonyl (C=O) groups is 1. The first-order valence-electron chi connectivity index (χ1n) is 10.2. The second kappa shape index (κ2) is 9.97. The molecule has 0 saturated heterocycles. The molecule has 1 amide bonds. The zero-order chi connectivity index (χ0) is 24.2. The molecule has 0 saturated carbocycles. The van der Waals surface area contributed by atoms with Crippen LogP contribution in [0.1, 0.15) is 19.5 Å². The molecule has 0 aliphatic rings. The van der Waals surface area contributed by atoms with Crippen LogP contribution in [0.15, 0.2) is 64.3 Å². The summed E-state index contributed by atoms with van der Waals surface area (Å²) in [6.07, 6.45) is 0. The Bertz CT molecular complexity index is 1300. The second-order valence-corrected chi connectivity index (χ2v) is 9.54. The van der Waals surface area contributed by atoms with Crippen LogP contribution in [0.5, 0.6) is 5.75 Å². The quantitative estimate of drug-likeness (QED) is 0.464. The monoisotopic (exact) mass is 470 g/mol. The Balaban J connectivity index is 1.81. The Morgan fingerprint density at radius 3 is 2.39 bits per heavy atom. The topological polar surface area (TPSA) is 130 Å². The number of amides is 1. The van der Waals surface area contributed by atoms with Gasteiger partial charge in [0.05, 0.1) is 12.0 Å². The number of ether oxygens (including phenoxy) is 1. The first-order chi connectivity index (χ1) is 15.6. The molecule has 1 atom stereocenters. The fraction of sp³-hybridized carbons (Fsp3) is 0.261. The Morgan fingerprint density at radius 1 is 1.09 bits per heavy atom. The van der Waals surface area contributed by atoms with Gasteiger partial charge in [-0.3, -0.25) is 9.59 Å². The van der Waals surface area contributed by atoms with Gasteiger partial charge in [0.25, 0.3) is 5.56 Å². The van der Waals surface area contributed by atoms with E-state index < -0.39 is 22.0 Å². The van der Waals surface area contributed by atoms with Crippen LogP contribution >= 0.6 is 0 Å². The summed E-state index contributed by atoms with van der Waals surface area (Å²) >= 11 is 0. The molecule has 0 aliphatic heterocycles. The van der Waals surface area contributed by atoms with E-state index in [-0.39, 0.29) is 16.4 Å². The van der Waals surface area contributed by atoms with Gasteiger partial charge in [0.1, 0.15) is 17.6 Å². The second-order valence-electron chi connectivity index (χ2n) is 7.82. The van der Waals surface area contributed by atoms with Crippen LogP contribution in [0, 0.1) is 12.8 Å². The minimum atomic E-state index is -3.94. The number of sulfonamides is 1. The minimum absolute atomic E-state index is 0.0261. The highest BCUT2D eigenvalue weighted by molar-refractivity contribution is 7.89. The number of nitrogens with zero attached hydrogens (tertiary/aromatic N) is 1. The van der Waals surface area contributed by atoms with Gasteiger partial charge >= 0.3 is 0 Å². The summed E-state index contributed by atoms with van der Waals surface area (Å²) in [5.41, 5.74) is 1.33. The molecule has 3 N–H and O–H groups in total. The van der Waals surface area contributed by atoms with Crippen molar-refractivity contribution >= 4 is 21.6 Å². The summed E-state index contributed by atoms with van der Waals surface area (Å²) in [4.78, 5) is 31.8. The summed E-state index contributed by atoms with van der Waals surface area (Å²) in [7, 11) is -2.45. The van der Waals surface area contributed by atoms with Crippen molar-refractivity contribution < 1.29 is 17.9 Å². The van der Waals surface area contributed by atoms with Crippen LogP contribution < -0.4 is 20.3 Å². The molecule has 0 fully saturated rings. The Kier molecular flexibility index (Phi) is 7.29. The predicted octanol–water partition coefficient (Wildman–Crippen LogP) is 2.70. The summed E-state index contributed by atoms with van der Waals surface area (Å²) < 4.78 is 33.2. The maximum absolute atomic E-state index is 13.0. The van der Waals surface area contributed by atoms with Gasteiger partial charge in [0.2, 0.25) is 15.9 Å². The van der Waals surface area contributed by atoms with Crippen LogP contribution in [0.4, 0.5) is 5.69 Å². The number of aryl methyl sites for hydroxylation is 1. The van der Waals surface area contributed by atoms with E-state index in [2.05, 4.69) is 20.0 Å². The average Bonchev–Trinajstić information content (AvgIpc) is 2.77. The van der Waals surface area contributed by atoms with E-state index in [1.54, 1.807) is 45.0 Å². The Hall–Kier alpha value is -3.50. The van der Waals surface area contributed by atoms with Gasteiger partial charge in [-0.1, -0.05) is 26.0 Å². The number of H-pyrrole nitrogens is 1. The van der Waals surface area contributed by atoms with Gasteiger partial charge in [-0.25, -0.2) is 13.4 Å². The molecule has 2 aromatic carbocycles. The number of hydrogen-bond acceptors (Lipinski definition) is 6. The number of aromatic amines is 1. The SMILES string of the molecule is COc1ccc(S(=O)(=O)N[C@H](C(=O)Nc2cccc(-c3nc(C)cc(=O)[nH]3)c2)C(C)C)cc1. The van der Waals surface area contributed by atoms with Gasteiger partial charge in [0, 0.05) is 23.0 Å². The van der Waals surface area contributed by atoms with E-state index in [0.717, 1.165) is 0 Å². The largest absolute Gasteiger partial charge is 0.497 e. The number of nitrogens with one attached hydrogen (secondary N) is 3. The first kappa shape index (κ1) is 24.1. The summed E-state index contributed by atoms with van der Waals surface area (Å²) in [6, 6.07) is 13.1. The lowest BCUT2D eigenvalue weighted by molar-refractivity contribution is -0.118. The molecule has 174 valence electrons. The maximum Gasteiger partial charge on any atom is 0.251 e. The van der Waals surface area contributed by atoms with Crippen LogP contribution in [-0.4, -0.2) is 37.4 Å². The first-order valence-corrected chi connectivity index (χ1v) is 11.7. The van der Waals surface area contributed by atoms with Gasteiger partial charge in [-0.15, -0.1) is 0 Å². The molecule has 33 heavy (non-hydrogen) atoms. The lowest BCUT2D eigenvalue weighted by Crippen LogP contribution is -2.47. The fourth-order valence-corrected chi connectivity index (χ4v) is 4.51. The number of rotatable bonds is 8. The normalized spacial score (nSPS) is 12.4. The van der Waals surface area contributed by atoms with Gasteiger partial charge in [0.15, 0.2) is 0 Å². The molecular weight excluding hydrogens is 444 g/mol. The number of hydrogen-bond donors (Lipinski definition) is 3. The summed E-state index contributed by atoms with van der Waals surface area (Å²) in [5.74, 6) is 0.0640. The molecule has 1 aromatic heterocycles. The van der Waals surface area contributed by atoms with Crippen LogP contribution in [-0.2, 0) is 14.8 Å². The molecule has 0 bridgehead atoms. The molecule has 0 radical (unpaired) electrons. The van der Waals surface area contributed by atoms with Gasteiger partial charge in [-0.05, 0) is 49.2 Å². The third-order valence-corrected chi connectivity index (χ3v) is 6.33. The van der Waals surface area contributed by atoms with Crippen molar-refractivity contribution in [3.63, 3.8) is 0 Å². The molecule has 0 aliphatic carbocycles. The average molecular weight is 471 g/mol. The smallest absolute Gasteiger partial charge is 0.251 e. The highest BCUT2D eigenvalue weighted by Crippen LogP contribution is 2.21. The zero-order valence-electron chi connectivity index (χ0n) is 18.7. The van der Waals surface area contributed by atoms with Crippen molar-refractivity contribution in [2.75, 3.05) is 12.4 Å². The number of benzene rings is 2. The maximum atomic E-state index is 13.0.